The molecule has 0 radical (unpaired) electrons. The van der Waals surface area contributed by atoms with Gasteiger partial charge in [0.15, 0.2) is 16.3 Å². The summed E-state index contributed by atoms with van der Waals surface area (Å²) in [4.78, 5) is 8.37. The van der Waals surface area contributed by atoms with Crippen molar-refractivity contribution in [3.05, 3.63) is 45.8 Å². The highest BCUT2D eigenvalue weighted by atomic mass is 35.5. The normalized spacial score (nSPS) is 11.1. The van der Waals surface area contributed by atoms with Crippen LogP contribution in [0.4, 0.5) is 0 Å². The lowest BCUT2D eigenvalue weighted by Gasteiger charge is -2.04. The predicted molar refractivity (Wildman–Crippen MR) is 73.4 cm³/mol. The maximum absolute atomic E-state index is 6.13. The van der Waals surface area contributed by atoms with E-state index in [0.717, 1.165) is 5.56 Å². The number of aromatic nitrogens is 5. The largest absolute Gasteiger partial charge is 0.222 e. The summed E-state index contributed by atoms with van der Waals surface area (Å²) in [5, 5.41) is 9.05. The van der Waals surface area contributed by atoms with Crippen molar-refractivity contribution in [2.24, 2.45) is 0 Å². The molecular weight excluding hydrogens is 285 g/mol. The minimum absolute atomic E-state index is 0.313. The van der Waals surface area contributed by atoms with Gasteiger partial charge >= 0.3 is 0 Å². The fraction of sp³-hybridized carbons (Fsp3) is 0.167. The van der Waals surface area contributed by atoms with Crippen LogP contribution < -0.4 is 0 Å². The number of fused-ring (bicyclic) bond motifs is 1. The van der Waals surface area contributed by atoms with Gasteiger partial charge in [-0.3, -0.25) is 0 Å². The average molecular weight is 294 g/mol. The zero-order valence-corrected chi connectivity index (χ0v) is 11.5. The molecule has 0 amide bonds. The van der Waals surface area contributed by atoms with Crippen molar-refractivity contribution in [2.75, 3.05) is 0 Å². The molecule has 0 spiro atoms. The third kappa shape index (κ3) is 2.27. The first-order valence-corrected chi connectivity index (χ1v) is 6.37. The molecule has 3 aromatic rings. The summed E-state index contributed by atoms with van der Waals surface area (Å²) < 4.78 is 1.66. The molecule has 0 aliphatic rings. The quantitative estimate of drug-likeness (QED) is 0.682. The van der Waals surface area contributed by atoms with Crippen molar-refractivity contribution in [1.29, 1.82) is 0 Å². The Balaban J connectivity index is 2.09. The first-order chi connectivity index (χ1) is 9.15. The molecule has 0 fully saturated rings. The molecule has 0 saturated heterocycles. The van der Waals surface area contributed by atoms with Crippen LogP contribution in [-0.2, 0) is 6.54 Å². The molecule has 2 aromatic heterocycles. The first kappa shape index (κ1) is 12.3. The molecule has 1 aromatic carbocycles. The lowest BCUT2D eigenvalue weighted by atomic mass is 10.2. The summed E-state index contributed by atoms with van der Waals surface area (Å²) in [6.45, 7) is 2.26. The van der Waals surface area contributed by atoms with Crippen molar-refractivity contribution >= 4 is 34.4 Å². The summed E-state index contributed by atoms with van der Waals surface area (Å²) in [6, 6.07) is 7.58. The summed E-state index contributed by atoms with van der Waals surface area (Å²) in [5.74, 6) is 0.584. The van der Waals surface area contributed by atoms with Crippen molar-refractivity contribution in [2.45, 2.75) is 13.5 Å². The van der Waals surface area contributed by atoms with Gasteiger partial charge in [-0.15, -0.1) is 5.10 Å². The van der Waals surface area contributed by atoms with Gasteiger partial charge in [0.25, 0.3) is 0 Å². The van der Waals surface area contributed by atoms with E-state index in [9.17, 15) is 0 Å². The van der Waals surface area contributed by atoms with Crippen molar-refractivity contribution < 1.29 is 0 Å². The zero-order valence-electron chi connectivity index (χ0n) is 10.0. The molecule has 0 unspecified atom stereocenters. The Kier molecular flexibility index (Phi) is 3.08. The monoisotopic (exact) mass is 293 g/mol. The molecule has 19 heavy (non-hydrogen) atoms. The summed E-state index contributed by atoms with van der Waals surface area (Å²) >= 11 is 12.2. The Morgan fingerprint density at radius 2 is 1.95 bits per heavy atom. The lowest BCUT2D eigenvalue weighted by Crippen LogP contribution is -2.04. The Hall–Kier alpha value is -1.72. The highest BCUT2D eigenvalue weighted by Crippen LogP contribution is 2.20. The molecule has 5 nitrogen and oxygen atoms in total. The first-order valence-electron chi connectivity index (χ1n) is 5.62. The van der Waals surface area contributed by atoms with Crippen LogP contribution in [0.2, 0.25) is 10.2 Å². The molecular formula is C12H9Cl2N5. The van der Waals surface area contributed by atoms with E-state index in [2.05, 4.69) is 20.3 Å². The molecule has 2 heterocycles. The van der Waals surface area contributed by atoms with Gasteiger partial charge in [-0.05, 0) is 18.6 Å². The number of rotatable bonds is 2. The second-order valence-electron chi connectivity index (χ2n) is 4.07. The van der Waals surface area contributed by atoms with Crippen LogP contribution in [0.5, 0.6) is 0 Å². The molecule has 0 N–H and O–H groups in total. The van der Waals surface area contributed by atoms with Gasteiger partial charge in [-0.1, -0.05) is 46.6 Å². The van der Waals surface area contributed by atoms with Crippen molar-refractivity contribution in [3.63, 3.8) is 0 Å². The van der Waals surface area contributed by atoms with Gasteiger partial charge in [0.05, 0.1) is 6.54 Å². The third-order valence-electron chi connectivity index (χ3n) is 2.71. The van der Waals surface area contributed by atoms with E-state index in [1.54, 1.807) is 11.6 Å². The maximum atomic E-state index is 6.13. The SMILES string of the molecule is Cc1nc(Cl)c2nnn(Cc3ccccc3Cl)c2n1. The number of nitrogens with zero attached hydrogens (tertiary/aromatic N) is 5. The van der Waals surface area contributed by atoms with E-state index in [-0.39, 0.29) is 0 Å². The lowest BCUT2D eigenvalue weighted by molar-refractivity contribution is 0.663. The summed E-state index contributed by atoms with van der Waals surface area (Å²) in [5.41, 5.74) is 2.06. The molecule has 0 bridgehead atoms. The van der Waals surface area contributed by atoms with Gasteiger partial charge in [0, 0.05) is 5.02 Å². The molecule has 0 atom stereocenters. The third-order valence-corrected chi connectivity index (χ3v) is 3.34. The molecule has 3 rings (SSSR count). The van der Waals surface area contributed by atoms with E-state index in [1.165, 1.54) is 0 Å². The van der Waals surface area contributed by atoms with E-state index in [1.807, 2.05) is 24.3 Å². The Morgan fingerprint density at radius 1 is 1.16 bits per heavy atom. The molecule has 0 aliphatic carbocycles. The van der Waals surface area contributed by atoms with E-state index < -0.39 is 0 Å². The van der Waals surface area contributed by atoms with E-state index in [4.69, 9.17) is 23.2 Å². The highest BCUT2D eigenvalue weighted by molar-refractivity contribution is 6.33. The Labute approximate surface area is 119 Å². The smallest absolute Gasteiger partial charge is 0.183 e. The Bertz CT molecular complexity index is 753. The minimum atomic E-state index is 0.313. The zero-order chi connectivity index (χ0) is 13.4. The molecule has 7 heteroatoms. The standard InChI is InChI=1S/C12H9Cl2N5/c1-7-15-11(14)10-12(16-7)19(18-17-10)6-8-4-2-3-5-9(8)13/h2-5H,6H2,1H3. The topological polar surface area (TPSA) is 56.5 Å². The fourth-order valence-electron chi connectivity index (χ4n) is 1.82. The van der Waals surface area contributed by atoms with Crippen LogP contribution >= 0.6 is 23.2 Å². The van der Waals surface area contributed by atoms with Gasteiger partial charge in [-0.25, -0.2) is 14.6 Å². The van der Waals surface area contributed by atoms with Crippen molar-refractivity contribution in [1.82, 2.24) is 25.0 Å². The summed E-state index contributed by atoms with van der Waals surface area (Å²) in [6.07, 6.45) is 0. The Morgan fingerprint density at radius 3 is 2.74 bits per heavy atom. The van der Waals surface area contributed by atoms with Gasteiger partial charge in [-0.2, -0.15) is 0 Å². The van der Waals surface area contributed by atoms with Gasteiger partial charge < -0.3 is 0 Å². The van der Waals surface area contributed by atoms with Gasteiger partial charge in [0.1, 0.15) is 5.82 Å². The van der Waals surface area contributed by atoms with Crippen LogP contribution in [0.3, 0.4) is 0 Å². The summed E-state index contributed by atoms with van der Waals surface area (Å²) in [7, 11) is 0. The fourth-order valence-corrected chi connectivity index (χ4v) is 2.26. The van der Waals surface area contributed by atoms with Gasteiger partial charge in [0.2, 0.25) is 0 Å². The number of halogens is 2. The van der Waals surface area contributed by atoms with Crippen molar-refractivity contribution in [3.8, 4) is 0 Å². The average Bonchev–Trinajstić information content (AvgIpc) is 2.76. The van der Waals surface area contributed by atoms with Crippen LogP contribution in [-0.4, -0.2) is 25.0 Å². The number of benzene rings is 1. The van der Waals surface area contributed by atoms with Crippen LogP contribution in [0.15, 0.2) is 24.3 Å². The second-order valence-corrected chi connectivity index (χ2v) is 4.84. The van der Waals surface area contributed by atoms with Crippen LogP contribution in [0.1, 0.15) is 11.4 Å². The second kappa shape index (κ2) is 4.75. The van der Waals surface area contributed by atoms with E-state index >= 15 is 0 Å². The highest BCUT2D eigenvalue weighted by Gasteiger charge is 2.12. The molecule has 0 aliphatic heterocycles. The molecule has 0 saturated carbocycles. The minimum Gasteiger partial charge on any atom is -0.222 e. The van der Waals surface area contributed by atoms with Crippen LogP contribution in [0, 0.1) is 6.92 Å². The number of aryl methyl sites for hydroxylation is 1. The molecule has 96 valence electrons. The van der Waals surface area contributed by atoms with Crippen LogP contribution in [0.25, 0.3) is 11.2 Å². The predicted octanol–water partition coefficient (Wildman–Crippen LogP) is 2.88. The van der Waals surface area contributed by atoms with E-state index in [0.29, 0.717) is 33.7 Å². The number of hydrogen-bond acceptors (Lipinski definition) is 4. The maximum Gasteiger partial charge on any atom is 0.183 e. The number of hydrogen-bond donors (Lipinski definition) is 0.